The molecule has 2 aromatic heterocycles. The van der Waals surface area contributed by atoms with Gasteiger partial charge in [-0.05, 0) is 48.7 Å². The third kappa shape index (κ3) is 2.69. The van der Waals surface area contributed by atoms with Gasteiger partial charge in [-0.2, -0.15) is 10.1 Å². The molecule has 0 saturated heterocycles. The van der Waals surface area contributed by atoms with Gasteiger partial charge in [-0.15, -0.1) is 0 Å². The fourth-order valence-electron chi connectivity index (χ4n) is 4.51. The minimum atomic E-state index is 0.197. The maximum atomic E-state index is 11.2. The number of isocyanates is 1. The zero-order valence-corrected chi connectivity index (χ0v) is 16.3. The number of carbonyl (C=O) groups excluding carboxylic acids is 1. The second-order valence-corrected chi connectivity index (χ2v) is 7.37. The summed E-state index contributed by atoms with van der Waals surface area (Å²) in [7, 11) is 3.75. The molecule has 29 heavy (non-hydrogen) atoms. The van der Waals surface area contributed by atoms with Crippen LogP contribution in [-0.2, 0) is 24.7 Å². The molecule has 0 aliphatic heterocycles. The Morgan fingerprint density at radius 2 is 1.97 bits per heavy atom. The van der Waals surface area contributed by atoms with Crippen molar-refractivity contribution < 1.29 is 9.53 Å². The van der Waals surface area contributed by atoms with Crippen LogP contribution in [0.4, 0.5) is 5.69 Å². The van der Waals surface area contributed by atoms with Gasteiger partial charge in [0.15, 0.2) is 0 Å². The highest BCUT2D eigenvalue weighted by Gasteiger charge is 2.32. The molecule has 144 valence electrons. The number of methoxy groups -OCH3 is 1. The summed E-state index contributed by atoms with van der Waals surface area (Å²) in [5, 5.41) is 8.94. The lowest BCUT2D eigenvalue weighted by atomic mass is 9.98. The molecule has 5 rings (SSSR count). The third-order valence-electron chi connectivity index (χ3n) is 5.93. The van der Waals surface area contributed by atoms with E-state index in [0.29, 0.717) is 11.4 Å². The van der Waals surface area contributed by atoms with E-state index in [0.717, 1.165) is 29.8 Å². The zero-order valence-electron chi connectivity index (χ0n) is 16.3. The third-order valence-corrected chi connectivity index (χ3v) is 5.93. The van der Waals surface area contributed by atoms with Crippen LogP contribution in [0.15, 0.2) is 53.5 Å². The van der Waals surface area contributed by atoms with Gasteiger partial charge < -0.3 is 9.30 Å². The molecular weight excluding hydrogens is 364 g/mol. The second kappa shape index (κ2) is 6.76. The molecular formula is C23H20N4O2. The Hall–Kier alpha value is -3.63. The van der Waals surface area contributed by atoms with Gasteiger partial charge in [-0.1, -0.05) is 18.2 Å². The Morgan fingerprint density at radius 1 is 1.17 bits per heavy atom. The predicted molar refractivity (Wildman–Crippen MR) is 111 cm³/mol. The number of H-pyrrole nitrogens is 1. The predicted octanol–water partition coefficient (Wildman–Crippen LogP) is 4.43. The molecule has 1 atom stereocenters. The molecule has 6 nitrogen and oxygen atoms in total. The molecule has 6 heteroatoms. The summed E-state index contributed by atoms with van der Waals surface area (Å²) in [6.45, 7) is 0. The number of aryl methyl sites for hydroxylation is 1. The summed E-state index contributed by atoms with van der Waals surface area (Å²) < 4.78 is 7.50. The molecule has 0 bridgehead atoms. The van der Waals surface area contributed by atoms with Gasteiger partial charge in [-0.25, -0.2) is 4.79 Å². The number of aliphatic imine (C=N–C) groups is 1. The van der Waals surface area contributed by atoms with E-state index in [1.165, 1.54) is 22.2 Å². The molecule has 0 amide bonds. The second-order valence-electron chi connectivity index (χ2n) is 7.37. The summed E-state index contributed by atoms with van der Waals surface area (Å²) in [4.78, 5) is 15.2. The zero-order chi connectivity index (χ0) is 20.0. The Kier molecular flexibility index (Phi) is 4.07. The van der Waals surface area contributed by atoms with Crippen LogP contribution < -0.4 is 4.74 Å². The Balaban J connectivity index is 1.55. The first-order chi connectivity index (χ1) is 14.2. The smallest absolute Gasteiger partial charge is 0.240 e. The maximum absolute atomic E-state index is 11.2. The van der Waals surface area contributed by atoms with Crippen LogP contribution in [0.25, 0.3) is 22.2 Å². The van der Waals surface area contributed by atoms with Gasteiger partial charge in [-0.3, -0.25) is 5.10 Å². The molecule has 2 heterocycles. The van der Waals surface area contributed by atoms with Crippen molar-refractivity contribution >= 4 is 22.7 Å². The lowest BCUT2D eigenvalue weighted by molar-refractivity contribution is 0.415. The number of nitrogens with zero attached hydrogens (tertiary/aromatic N) is 3. The largest absolute Gasteiger partial charge is 0.497 e. The number of para-hydroxylation sites is 1. The van der Waals surface area contributed by atoms with Crippen LogP contribution in [0.3, 0.4) is 0 Å². The number of nitrogens with one attached hydrogen (secondary N) is 1. The van der Waals surface area contributed by atoms with Crippen molar-refractivity contribution in [3.05, 3.63) is 65.5 Å². The van der Waals surface area contributed by atoms with Crippen LogP contribution >= 0.6 is 0 Å². The lowest BCUT2D eigenvalue weighted by Crippen LogP contribution is -2.02. The van der Waals surface area contributed by atoms with Crippen LogP contribution in [-0.4, -0.2) is 28.0 Å². The van der Waals surface area contributed by atoms with Gasteiger partial charge in [0.2, 0.25) is 6.08 Å². The molecule has 1 aliphatic rings. The first-order valence-electron chi connectivity index (χ1n) is 9.57. The molecule has 1 N–H and O–H groups in total. The number of hydrogen-bond donors (Lipinski definition) is 1. The highest BCUT2D eigenvalue weighted by Crippen LogP contribution is 2.43. The van der Waals surface area contributed by atoms with Crippen molar-refractivity contribution in [2.75, 3.05) is 7.11 Å². The normalized spacial score (nSPS) is 15.3. The Labute approximate surface area is 167 Å². The van der Waals surface area contributed by atoms with E-state index in [9.17, 15) is 4.79 Å². The lowest BCUT2D eigenvalue weighted by Gasteiger charge is -2.10. The van der Waals surface area contributed by atoms with Crippen LogP contribution in [0.5, 0.6) is 5.75 Å². The first-order valence-corrected chi connectivity index (χ1v) is 9.57. The SMILES string of the molecule is COc1ccc(-c2n[nH]c(C3Cc4c(n(C)c5ccccc45)C3)c2N=C=O)cc1. The fraction of sp³-hybridized carbons (Fsp3) is 0.217. The Morgan fingerprint density at radius 3 is 2.72 bits per heavy atom. The van der Waals surface area contributed by atoms with Gasteiger partial charge in [0.25, 0.3) is 0 Å². The number of aromatic amines is 1. The summed E-state index contributed by atoms with van der Waals surface area (Å²) in [6.07, 6.45) is 3.48. The molecule has 0 fully saturated rings. The van der Waals surface area contributed by atoms with Crippen molar-refractivity contribution in [3.63, 3.8) is 0 Å². The molecule has 0 saturated carbocycles. The summed E-state index contributed by atoms with van der Waals surface area (Å²) in [5.74, 6) is 0.963. The van der Waals surface area contributed by atoms with Crippen LogP contribution in [0, 0.1) is 0 Å². The topological polar surface area (TPSA) is 72.3 Å². The van der Waals surface area contributed by atoms with E-state index in [2.05, 4.69) is 51.1 Å². The summed E-state index contributed by atoms with van der Waals surface area (Å²) in [6, 6.07) is 16.1. The van der Waals surface area contributed by atoms with Crippen molar-refractivity contribution in [1.29, 1.82) is 0 Å². The minimum Gasteiger partial charge on any atom is -0.497 e. The van der Waals surface area contributed by atoms with Gasteiger partial charge in [0, 0.05) is 35.1 Å². The van der Waals surface area contributed by atoms with E-state index < -0.39 is 0 Å². The molecule has 1 aliphatic carbocycles. The molecule has 0 radical (unpaired) electrons. The molecule has 0 spiro atoms. The number of rotatable bonds is 4. The minimum absolute atomic E-state index is 0.197. The van der Waals surface area contributed by atoms with Crippen molar-refractivity contribution in [2.24, 2.45) is 12.0 Å². The number of hydrogen-bond acceptors (Lipinski definition) is 4. The van der Waals surface area contributed by atoms with Crippen LogP contribution in [0.1, 0.15) is 22.9 Å². The van der Waals surface area contributed by atoms with E-state index >= 15 is 0 Å². The number of fused-ring (bicyclic) bond motifs is 3. The highest BCUT2D eigenvalue weighted by atomic mass is 16.5. The molecule has 1 unspecified atom stereocenters. The number of aromatic nitrogens is 3. The molecule has 4 aromatic rings. The first kappa shape index (κ1) is 17.5. The summed E-state index contributed by atoms with van der Waals surface area (Å²) in [5.41, 5.74) is 6.96. The van der Waals surface area contributed by atoms with Gasteiger partial charge in [0.1, 0.15) is 17.1 Å². The highest BCUT2D eigenvalue weighted by molar-refractivity contribution is 5.86. The van der Waals surface area contributed by atoms with E-state index in [1.54, 1.807) is 13.2 Å². The van der Waals surface area contributed by atoms with Crippen molar-refractivity contribution in [3.8, 4) is 17.0 Å². The monoisotopic (exact) mass is 384 g/mol. The average molecular weight is 384 g/mol. The summed E-state index contributed by atoms with van der Waals surface area (Å²) >= 11 is 0. The van der Waals surface area contributed by atoms with Gasteiger partial charge >= 0.3 is 0 Å². The van der Waals surface area contributed by atoms with E-state index in [-0.39, 0.29) is 5.92 Å². The quantitative estimate of drug-likeness (QED) is 0.418. The van der Waals surface area contributed by atoms with Gasteiger partial charge in [0.05, 0.1) is 12.8 Å². The van der Waals surface area contributed by atoms with Crippen molar-refractivity contribution in [1.82, 2.24) is 14.8 Å². The van der Waals surface area contributed by atoms with E-state index in [1.807, 2.05) is 24.3 Å². The standard InChI is InChI=1S/C23H20N4O2/c1-27-19-6-4-3-5-17(19)18-11-15(12-20(18)27)22-23(24-13-28)21(25-26-22)14-7-9-16(29-2)10-8-14/h3-10,15H,11-12H2,1-2H3,(H,25,26). The van der Waals surface area contributed by atoms with E-state index in [4.69, 9.17) is 4.74 Å². The van der Waals surface area contributed by atoms with Crippen molar-refractivity contribution in [2.45, 2.75) is 18.8 Å². The van der Waals surface area contributed by atoms with Crippen LogP contribution in [0.2, 0.25) is 0 Å². The maximum Gasteiger partial charge on any atom is 0.240 e. The Bertz CT molecular complexity index is 1260. The fourth-order valence-corrected chi connectivity index (χ4v) is 4.51. The average Bonchev–Trinajstić information content (AvgIpc) is 3.43. The number of benzene rings is 2. The molecule has 2 aromatic carbocycles. The number of ether oxygens (including phenoxy) is 1.